The minimum absolute atomic E-state index is 0.191. The molecule has 2 unspecified atom stereocenters. The molecule has 5 nitrogen and oxygen atoms in total. The minimum atomic E-state index is -0.468. The van der Waals surface area contributed by atoms with Crippen LogP contribution in [0.25, 0.3) is 10.6 Å². The van der Waals surface area contributed by atoms with Crippen molar-refractivity contribution in [3.05, 3.63) is 29.6 Å². The summed E-state index contributed by atoms with van der Waals surface area (Å²) in [5.74, 6) is 0.205. The van der Waals surface area contributed by atoms with E-state index in [0.717, 1.165) is 30.6 Å². The van der Waals surface area contributed by atoms with Crippen LogP contribution < -0.4 is 5.32 Å². The Morgan fingerprint density at radius 3 is 3.05 bits per heavy atom. The van der Waals surface area contributed by atoms with Crippen LogP contribution in [0.4, 0.5) is 0 Å². The number of rotatable bonds is 3. The highest BCUT2D eigenvalue weighted by Gasteiger charge is 2.27. The molecular formula is C14H16N2O3S. The summed E-state index contributed by atoms with van der Waals surface area (Å²) in [6, 6.07) is 3.59. The number of aliphatic hydroxyl groups is 1. The van der Waals surface area contributed by atoms with Crippen LogP contribution in [0, 0.1) is 0 Å². The van der Waals surface area contributed by atoms with Gasteiger partial charge >= 0.3 is 0 Å². The zero-order chi connectivity index (χ0) is 13.9. The van der Waals surface area contributed by atoms with E-state index in [1.165, 1.54) is 17.7 Å². The number of carbonyl (C=O) groups excluding carboxylic acids is 1. The molecule has 0 aliphatic heterocycles. The number of aromatic nitrogens is 1. The molecule has 1 amide bonds. The van der Waals surface area contributed by atoms with Crippen LogP contribution in [0.2, 0.25) is 0 Å². The molecule has 1 aliphatic rings. The molecule has 2 N–H and O–H groups in total. The second kappa shape index (κ2) is 5.76. The molecule has 1 aliphatic carbocycles. The van der Waals surface area contributed by atoms with Crippen LogP contribution >= 0.6 is 11.3 Å². The fourth-order valence-electron chi connectivity index (χ4n) is 2.51. The summed E-state index contributed by atoms with van der Waals surface area (Å²) < 4.78 is 5.32. The zero-order valence-electron chi connectivity index (χ0n) is 10.9. The van der Waals surface area contributed by atoms with Crippen molar-refractivity contribution >= 4 is 17.2 Å². The van der Waals surface area contributed by atoms with Gasteiger partial charge in [0.1, 0.15) is 0 Å². The third kappa shape index (κ3) is 2.62. The van der Waals surface area contributed by atoms with Crippen molar-refractivity contribution in [2.24, 2.45) is 0 Å². The van der Waals surface area contributed by atoms with E-state index in [1.54, 1.807) is 0 Å². The minimum Gasteiger partial charge on any atom is -0.442 e. The number of nitrogens with zero attached hydrogens (tertiary/aromatic N) is 1. The van der Waals surface area contributed by atoms with E-state index in [1.807, 2.05) is 17.5 Å². The Kier molecular flexibility index (Phi) is 3.84. The molecule has 20 heavy (non-hydrogen) atoms. The lowest BCUT2D eigenvalue weighted by atomic mass is 9.92. The number of aliphatic hydroxyl groups excluding tert-OH is 1. The summed E-state index contributed by atoms with van der Waals surface area (Å²) >= 11 is 1.50. The Morgan fingerprint density at radius 2 is 2.30 bits per heavy atom. The molecule has 2 heterocycles. The van der Waals surface area contributed by atoms with Gasteiger partial charge in [-0.2, -0.15) is 0 Å². The number of nitrogens with one attached hydrogen (secondary N) is 1. The topological polar surface area (TPSA) is 75.4 Å². The standard InChI is InChI=1S/C14H16N2O3S/c17-10-5-2-1-4-9(10)16-14(18)12-13(19-8-15-12)11-6-3-7-20-11/h3,6-10,17H,1-2,4-5H2,(H,16,18). The lowest BCUT2D eigenvalue weighted by Crippen LogP contribution is -2.45. The molecule has 2 aromatic heterocycles. The monoisotopic (exact) mass is 292 g/mol. The fourth-order valence-corrected chi connectivity index (χ4v) is 3.22. The van der Waals surface area contributed by atoms with Gasteiger partial charge in [-0.1, -0.05) is 18.9 Å². The maximum atomic E-state index is 12.3. The average Bonchev–Trinajstić information content (AvgIpc) is 3.11. The predicted molar refractivity (Wildman–Crippen MR) is 75.5 cm³/mol. The first-order chi connectivity index (χ1) is 9.75. The van der Waals surface area contributed by atoms with Gasteiger partial charge in [0.2, 0.25) is 0 Å². The van der Waals surface area contributed by atoms with Gasteiger partial charge in [-0.3, -0.25) is 4.79 Å². The molecule has 0 radical (unpaired) electrons. The third-order valence-corrected chi connectivity index (χ3v) is 4.44. The summed E-state index contributed by atoms with van der Waals surface area (Å²) in [4.78, 5) is 17.2. The fraction of sp³-hybridized carbons (Fsp3) is 0.429. The summed E-state index contributed by atoms with van der Waals surface area (Å²) in [5.41, 5.74) is 0.283. The van der Waals surface area contributed by atoms with E-state index in [-0.39, 0.29) is 17.6 Å². The first-order valence-electron chi connectivity index (χ1n) is 6.72. The largest absolute Gasteiger partial charge is 0.442 e. The van der Waals surface area contributed by atoms with Crippen molar-refractivity contribution in [3.8, 4) is 10.6 Å². The maximum absolute atomic E-state index is 12.3. The van der Waals surface area contributed by atoms with Crippen molar-refractivity contribution in [2.75, 3.05) is 0 Å². The first kappa shape index (κ1) is 13.3. The second-order valence-corrected chi connectivity index (χ2v) is 5.89. The van der Waals surface area contributed by atoms with Crippen LogP contribution in [0.5, 0.6) is 0 Å². The molecule has 3 rings (SSSR count). The Bertz CT molecular complexity index is 579. The Morgan fingerprint density at radius 1 is 1.45 bits per heavy atom. The molecule has 6 heteroatoms. The average molecular weight is 292 g/mol. The molecule has 2 atom stereocenters. The summed E-state index contributed by atoms with van der Waals surface area (Å²) in [5, 5.41) is 14.7. The Labute approximate surface area is 120 Å². The summed E-state index contributed by atoms with van der Waals surface area (Å²) in [7, 11) is 0. The SMILES string of the molecule is O=C(NC1CCCCC1O)c1ncoc1-c1cccs1. The van der Waals surface area contributed by atoms with E-state index in [0.29, 0.717) is 5.76 Å². The number of oxazole rings is 1. The normalized spacial score (nSPS) is 22.6. The van der Waals surface area contributed by atoms with Gasteiger partial charge in [-0.05, 0) is 24.3 Å². The number of hydrogen-bond donors (Lipinski definition) is 2. The van der Waals surface area contributed by atoms with Gasteiger partial charge in [0.15, 0.2) is 17.8 Å². The van der Waals surface area contributed by atoms with Crippen LogP contribution in [-0.2, 0) is 0 Å². The van der Waals surface area contributed by atoms with Crippen molar-refractivity contribution in [1.29, 1.82) is 0 Å². The van der Waals surface area contributed by atoms with Crippen molar-refractivity contribution < 1.29 is 14.3 Å². The van der Waals surface area contributed by atoms with E-state index in [2.05, 4.69) is 10.3 Å². The molecule has 0 bridgehead atoms. The van der Waals surface area contributed by atoms with Gasteiger partial charge in [0.25, 0.3) is 5.91 Å². The van der Waals surface area contributed by atoms with Gasteiger partial charge in [0, 0.05) is 0 Å². The highest BCUT2D eigenvalue weighted by Crippen LogP contribution is 2.28. The molecule has 106 valence electrons. The Balaban J connectivity index is 1.76. The number of hydrogen-bond acceptors (Lipinski definition) is 5. The zero-order valence-corrected chi connectivity index (χ0v) is 11.7. The maximum Gasteiger partial charge on any atom is 0.274 e. The van der Waals surface area contributed by atoms with E-state index >= 15 is 0 Å². The van der Waals surface area contributed by atoms with Crippen molar-refractivity contribution in [1.82, 2.24) is 10.3 Å². The van der Waals surface area contributed by atoms with Gasteiger partial charge in [0.05, 0.1) is 17.0 Å². The van der Waals surface area contributed by atoms with Gasteiger partial charge in [-0.15, -0.1) is 11.3 Å². The summed E-state index contributed by atoms with van der Waals surface area (Å²) in [6.07, 6.45) is 4.39. The molecule has 0 spiro atoms. The van der Waals surface area contributed by atoms with E-state index < -0.39 is 6.10 Å². The molecule has 0 aromatic carbocycles. The van der Waals surface area contributed by atoms with Gasteiger partial charge in [-0.25, -0.2) is 4.98 Å². The third-order valence-electron chi connectivity index (χ3n) is 3.57. The molecule has 0 saturated heterocycles. The number of amides is 1. The molecule has 1 saturated carbocycles. The Hall–Kier alpha value is -1.66. The van der Waals surface area contributed by atoms with Crippen molar-refractivity contribution in [2.45, 2.75) is 37.8 Å². The van der Waals surface area contributed by atoms with Crippen LogP contribution in [0.15, 0.2) is 28.3 Å². The highest BCUT2D eigenvalue weighted by molar-refractivity contribution is 7.13. The highest BCUT2D eigenvalue weighted by atomic mass is 32.1. The lowest BCUT2D eigenvalue weighted by Gasteiger charge is -2.28. The van der Waals surface area contributed by atoms with Crippen LogP contribution in [-0.4, -0.2) is 28.1 Å². The van der Waals surface area contributed by atoms with E-state index in [9.17, 15) is 9.90 Å². The van der Waals surface area contributed by atoms with Crippen LogP contribution in [0.1, 0.15) is 36.2 Å². The molecule has 2 aromatic rings. The predicted octanol–water partition coefficient (Wildman–Crippen LogP) is 2.44. The number of carbonyl (C=O) groups is 1. The molecule has 1 fully saturated rings. The molecular weight excluding hydrogens is 276 g/mol. The van der Waals surface area contributed by atoms with Gasteiger partial charge < -0.3 is 14.8 Å². The number of thiophene rings is 1. The second-order valence-electron chi connectivity index (χ2n) is 4.94. The van der Waals surface area contributed by atoms with Crippen molar-refractivity contribution in [3.63, 3.8) is 0 Å². The van der Waals surface area contributed by atoms with E-state index in [4.69, 9.17) is 4.42 Å². The van der Waals surface area contributed by atoms with Crippen LogP contribution in [0.3, 0.4) is 0 Å². The smallest absolute Gasteiger partial charge is 0.274 e. The quantitative estimate of drug-likeness (QED) is 0.911. The summed E-state index contributed by atoms with van der Waals surface area (Å²) in [6.45, 7) is 0. The first-order valence-corrected chi connectivity index (χ1v) is 7.60. The lowest BCUT2D eigenvalue weighted by molar-refractivity contribution is 0.0714.